The average molecular weight is 112 g/mol. The van der Waals surface area contributed by atoms with E-state index < -0.39 is 0 Å². The fraction of sp³-hybridized carbons (Fsp3) is 0. The highest BCUT2D eigenvalue weighted by Crippen LogP contribution is 1.98. The van der Waals surface area contributed by atoms with Crippen molar-refractivity contribution in [1.82, 2.24) is 0 Å². The predicted molar refractivity (Wildman–Crippen MR) is 37.5 cm³/mol. The summed E-state index contributed by atoms with van der Waals surface area (Å²) >= 11 is 3.98. The van der Waals surface area contributed by atoms with Gasteiger partial charge in [-0.05, 0) is 6.08 Å². The second-order valence-electron chi connectivity index (χ2n) is 1.03. The molecule has 0 nitrogen and oxygen atoms in total. The summed E-state index contributed by atoms with van der Waals surface area (Å²) in [4.78, 5) is 0.843. The molecule has 0 aliphatic rings. The lowest BCUT2D eigenvalue weighted by Crippen LogP contribution is -1.53. The Bertz CT molecular complexity index is 101. The molecular weight excluding hydrogens is 104 g/mol. The molecule has 0 atom stereocenters. The molecule has 0 aliphatic heterocycles. The first-order chi connectivity index (χ1) is 3.31. The zero-order valence-electron chi connectivity index (χ0n) is 4.09. The maximum Gasteiger partial charge on any atom is 0.00338 e. The standard InChI is InChI=1S/C6H8S/c1-3-5-6(7)4-2/h3-5,7H,1-2H2/b6-5+. The first kappa shape index (κ1) is 6.57. The zero-order chi connectivity index (χ0) is 5.70. The summed E-state index contributed by atoms with van der Waals surface area (Å²) in [7, 11) is 0. The van der Waals surface area contributed by atoms with Crippen molar-refractivity contribution >= 4 is 12.6 Å². The highest BCUT2D eigenvalue weighted by molar-refractivity contribution is 7.84. The van der Waals surface area contributed by atoms with Gasteiger partial charge in [0.25, 0.3) is 0 Å². The third-order valence-corrected chi connectivity index (χ3v) is 0.829. The van der Waals surface area contributed by atoms with Crippen LogP contribution in [0.2, 0.25) is 0 Å². The van der Waals surface area contributed by atoms with Crippen LogP contribution in [0.3, 0.4) is 0 Å². The van der Waals surface area contributed by atoms with Crippen molar-refractivity contribution in [3.63, 3.8) is 0 Å². The van der Waals surface area contributed by atoms with E-state index >= 15 is 0 Å². The minimum absolute atomic E-state index is 0.843. The Morgan fingerprint density at radius 3 is 2.14 bits per heavy atom. The lowest BCUT2D eigenvalue weighted by Gasteiger charge is -1.79. The molecule has 0 radical (unpaired) electrons. The molecular formula is C6H8S. The van der Waals surface area contributed by atoms with Gasteiger partial charge >= 0.3 is 0 Å². The van der Waals surface area contributed by atoms with Gasteiger partial charge in [0, 0.05) is 4.91 Å². The Hall–Kier alpha value is -0.430. The molecule has 0 fully saturated rings. The molecule has 0 aromatic rings. The van der Waals surface area contributed by atoms with E-state index in [-0.39, 0.29) is 0 Å². The van der Waals surface area contributed by atoms with Gasteiger partial charge in [0.2, 0.25) is 0 Å². The number of allylic oxidation sites excluding steroid dienone is 3. The van der Waals surface area contributed by atoms with E-state index in [1.54, 1.807) is 18.2 Å². The smallest absolute Gasteiger partial charge is 0.00338 e. The maximum absolute atomic E-state index is 3.98. The van der Waals surface area contributed by atoms with E-state index in [0.717, 1.165) is 4.91 Å². The van der Waals surface area contributed by atoms with Crippen LogP contribution < -0.4 is 0 Å². The van der Waals surface area contributed by atoms with Gasteiger partial charge in [-0.1, -0.05) is 25.3 Å². The fourth-order valence-electron chi connectivity index (χ4n) is 0.189. The van der Waals surface area contributed by atoms with Crippen molar-refractivity contribution in [1.29, 1.82) is 0 Å². The summed E-state index contributed by atoms with van der Waals surface area (Å²) in [6, 6.07) is 0. The van der Waals surface area contributed by atoms with Crippen LogP contribution in [-0.2, 0) is 0 Å². The molecule has 38 valence electrons. The van der Waals surface area contributed by atoms with Crippen molar-refractivity contribution in [2.24, 2.45) is 0 Å². The molecule has 0 N–H and O–H groups in total. The first-order valence-corrected chi connectivity index (χ1v) is 2.40. The monoisotopic (exact) mass is 112 g/mol. The minimum atomic E-state index is 0.843. The van der Waals surface area contributed by atoms with E-state index in [4.69, 9.17) is 0 Å². The van der Waals surface area contributed by atoms with Gasteiger partial charge in [-0.25, -0.2) is 0 Å². The van der Waals surface area contributed by atoms with Crippen LogP contribution in [0.5, 0.6) is 0 Å². The molecule has 0 amide bonds. The van der Waals surface area contributed by atoms with Gasteiger partial charge < -0.3 is 0 Å². The topological polar surface area (TPSA) is 0 Å². The highest BCUT2D eigenvalue weighted by Gasteiger charge is 1.70. The van der Waals surface area contributed by atoms with Crippen LogP contribution in [-0.4, -0.2) is 0 Å². The van der Waals surface area contributed by atoms with Crippen LogP contribution in [0.25, 0.3) is 0 Å². The molecule has 1 heteroatoms. The van der Waals surface area contributed by atoms with E-state index in [0.29, 0.717) is 0 Å². The highest BCUT2D eigenvalue weighted by atomic mass is 32.1. The molecule has 0 heterocycles. The van der Waals surface area contributed by atoms with E-state index in [9.17, 15) is 0 Å². The number of rotatable bonds is 2. The van der Waals surface area contributed by atoms with Gasteiger partial charge in [-0.15, -0.1) is 12.6 Å². The lowest BCUT2D eigenvalue weighted by molar-refractivity contribution is 1.93. The predicted octanol–water partition coefficient (Wildman–Crippen LogP) is 2.17. The molecule has 0 aliphatic carbocycles. The SMILES string of the molecule is C=C/C=C(/S)C=C. The second-order valence-corrected chi connectivity index (χ2v) is 1.55. The summed E-state index contributed by atoms with van der Waals surface area (Å²) in [6.45, 7) is 6.96. The third-order valence-electron chi connectivity index (χ3n) is 0.498. The Labute approximate surface area is 49.7 Å². The summed E-state index contributed by atoms with van der Waals surface area (Å²) in [6.07, 6.45) is 5.10. The number of hydrogen-bond donors (Lipinski definition) is 1. The average Bonchev–Trinajstić information content (AvgIpc) is 1.68. The summed E-state index contributed by atoms with van der Waals surface area (Å²) in [5, 5.41) is 0. The molecule has 0 unspecified atom stereocenters. The van der Waals surface area contributed by atoms with Crippen molar-refractivity contribution in [3.05, 3.63) is 36.3 Å². The third kappa shape index (κ3) is 3.40. The number of hydrogen-bond acceptors (Lipinski definition) is 1. The van der Waals surface area contributed by atoms with E-state index in [1.807, 2.05) is 0 Å². The van der Waals surface area contributed by atoms with Gasteiger partial charge in [0.15, 0.2) is 0 Å². The van der Waals surface area contributed by atoms with Gasteiger partial charge in [-0.2, -0.15) is 0 Å². The first-order valence-electron chi connectivity index (χ1n) is 1.95. The van der Waals surface area contributed by atoms with Crippen LogP contribution in [0, 0.1) is 0 Å². The normalized spacial score (nSPS) is 10.7. The Morgan fingerprint density at radius 1 is 1.43 bits per heavy atom. The fourth-order valence-corrected chi connectivity index (χ4v) is 0.294. The molecule has 0 spiro atoms. The van der Waals surface area contributed by atoms with Crippen LogP contribution in [0.4, 0.5) is 0 Å². The summed E-state index contributed by atoms with van der Waals surface area (Å²) < 4.78 is 0. The molecule has 0 saturated carbocycles. The summed E-state index contributed by atoms with van der Waals surface area (Å²) in [5.41, 5.74) is 0. The molecule has 0 aromatic carbocycles. The van der Waals surface area contributed by atoms with Crippen molar-refractivity contribution in [2.45, 2.75) is 0 Å². The Kier molecular flexibility index (Phi) is 3.52. The molecule has 0 bridgehead atoms. The van der Waals surface area contributed by atoms with Crippen molar-refractivity contribution in [3.8, 4) is 0 Å². The van der Waals surface area contributed by atoms with Gasteiger partial charge in [0.1, 0.15) is 0 Å². The molecule has 0 rings (SSSR count). The Balaban J connectivity index is 3.72. The largest absolute Gasteiger partial charge is 0.143 e. The van der Waals surface area contributed by atoms with E-state index in [2.05, 4.69) is 25.8 Å². The number of thiol groups is 1. The Morgan fingerprint density at radius 2 is 2.00 bits per heavy atom. The van der Waals surface area contributed by atoms with Crippen molar-refractivity contribution in [2.75, 3.05) is 0 Å². The van der Waals surface area contributed by atoms with Crippen molar-refractivity contribution < 1.29 is 0 Å². The minimum Gasteiger partial charge on any atom is -0.143 e. The second kappa shape index (κ2) is 3.75. The zero-order valence-corrected chi connectivity index (χ0v) is 4.99. The van der Waals surface area contributed by atoms with Crippen LogP contribution >= 0.6 is 12.6 Å². The molecule has 0 aromatic heterocycles. The summed E-state index contributed by atoms with van der Waals surface area (Å²) in [5.74, 6) is 0. The van der Waals surface area contributed by atoms with Gasteiger partial charge in [0.05, 0.1) is 0 Å². The van der Waals surface area contributed by atoms with Gasteiger partial charge in [-0.3, -0.25) is 0 Å². The maximum atomic E-state index is 3.98. The lowest BCUT2D eigenvalue weighted by atomic mass is 10.5. The van der Waals surface area contributed by atoms with Crippen LogP contribution in [0.15, 0.2) is 36.3 Å². The quantitative estimate of drug-likeness (QED) is 0.411. The van der Waals surface area contributed by atoms with E-state index in [1.165, 1.54) is 0 Å². The van der Waals surface area contributed by atoms with Crippen LogP contribution in [0.1, 0.15) is 0 Å². The molecule has 0 saturated heterocycles. The molecule has 7 heavy (non-hydrogen) atoms.